The third-order valence-corrected chi connectivity index (χ3v) is 3.35. The highest BCUT2D eigenvalue weighted by molar-refractivity contribution is 6.31. The third-order valence-electron chi connectivity index (χ3n) is 3.02. The largest absolute Gasteiger partial charge is 0.417 e. The van der Waals surface area contributed by atoms with E-state index in [-0.39, 0.29) is 11.6 Å². The van der Waals surface area contributed by atoms with Crippen molar-refractivity contribution in [3.05, 3.63) is 47.0 Å². The predicted octanol–water partition coefficient (Wildman–Crippen LogP) is 3.64. The van der Waals surface area contributed by atoms with E-state index in [1.54, 1.807) is 0 Å². The Bertz CT molecular complexity index is 815. The number of nitrogens with one attached hydrogen (secondary N) is 2. The van der Waals surface area contributed by atoms with E-state index in [0.29, 0.717) is 22.5 Å². The van der Waals surface area contributed by atoms with Crippen molar-refractivity contribution in [3.63, 3.8) is 0 Å². The summed E-state index contributed by atoms with van der Waals surface area (Å²) >= 11 is 5.59. The number of hydrogen-bond donors (Lipinski definition) is 2. The van der Waals surface area contributed by atoms with E-state index in [1.165, 1.54) is 24.8 Å². The van der Waals surface area contributed by atoms with Gasteiger partial charge in [0.25, 0.3) is 0 Å². The predicted molar refractivity (Wildman–Crippen MR) is 75.5 cm³/mol. The van der Waals surface area contributed by atoms with Crippen LogP contribution >= 0.6 is 11.6 Å². The quantitative estimate of drug-likeness (QED) is 0.771. The summed E-state index contributed by atoms with van der Waals surface area (Å²) in [5.41, 5.74) is 0.642. The topological polar surface area (TPSA) is 66.5 Å². The van der Waals surface area contributed by atoms with Crippen LogP contribution in [0.4, 0.5) is 19.0 Å². The molecule has 0 aliphatic heterocycles. The van der Waals surface area contributed by atoms with Crippen LogP contribution in [0.25, 0.3) is 11.2 Å². The molecular formula is C13H9ClF3N5. The maximum atomic E-state index is 12.8. The molecule has 3 aromatic rings. The van der Waals surface area contributed by atoms with Gasteiger partial charge in [-0.05, 0) is 17.7 Å². The Hall–Kier alpha value is -2.35. The smallest absolute Gasteiger partial charge is 0.364 e. The zero-order chi connectivity index (χ0) is 15.7. The molecule has 2 aromatic heterocycles. The van der Waals surface area contributed by atoms with Gasteiger partial charge in [-0.2, -0.15) is 13.2 Å². The first kappa shape index (κ1) is 14.6. The van der Waals surface area contributed by atoms with E-state index >= 15 is 0 Å². The lowest BCUT2D eigenvalue weighted by Crippen LogP contribution is -2.08. The molecule has 0 radical (unpaired) electrons. The third kappa shape index (κ3) is 2.82. The highest BCUT2D eigenvalue weighted by Gasteiger charge is 2.33. The van der Waals surface area contributed by atoms with E-state index in [4.69, 9.17) is 11.6 Å². The molecule has 22 heavy (non-hydrogen) atoms. The van der Waals surface area contributed by atoms with Crippen molar-refractivity contribution in [3.8, 4) is 0 Å². The Kier molecular flexibility index (Phi) is 3.61. The molecule has 0 amide bonds. The first-order valence-corrected chi connectivity index (χ1v) is 6.56. The number of H-pyrrole nitrogens is 1. The number of anilines is 1. The van der Waals surface area contributed by atoms with Crippen LogP contribution in [-0.2, 0) is 12.7 Å². The molecule has 1 aromatic carbocycles. The molecule has 5 nitrogen and oxygen atoms in total. The van der Waals surface area contributed by atoms with Crippen LogP contribution in [0.15, 0.2) is 30.9 Å². The van der Waals surface area contributed by atoms with Crippen molar-refractivity contribution in [1.29, 1.82) is 0 Å². The second kappa shape index (κ2) is 5.45. The number of hydrogen-bond acceptors (Lipinski definition) is 4. The summed E-state index contributed by atoms with van der Waals surface area (Å²) in [6, 6.07) is 3.77. The lowest BCUT2D eigenvalue weighted by Gasteiger charge is -2.11. The Balaban J connectivity index is 1.84. The van der Waals surface area contributed by atoms with Crippen LogP contribution in [0.3, 0.4) is 0 Å². The molecule has 0 aliphatic rings. The van der Waals surface area contributed by atoms with Crippen molar-refractivity contribution >= 4 is 28.6 Å². The van der Waals surface area contributed by atoms with Gasteiger partial charge in [0.05, 0.1) is 16.9 Å². The van der Waals surface area contributed by atoms with E-state index < -0.39 is 11.7 Å². The number of benzene rings is 1. The molecule has 0 atom stereocenters. The fourth-order valence-corrected chi connectivity index (χ4v) is 2.21. The molecule has 0 aliphatic carbocycles. The van der Waals surface area contributed by atoms with Crippen LogP contribution < -0.4 is 5.32 Å². The van der Waals surface area contributed by atoms with E-state index in [0.717, 1.165) is 6.07 Å². The van der Waals surface area contributed by atoms with Crippen LogP contribution in [0.2, 0.25) is 5.02 Å². The molecule has 0 unspecified atom stereocenters. The summed E-state index contributed by atoms with van der Waals surface area (Å²) in [6.45, 7) is 0.158. The number of aromatic nitrogens is 4. The summed E-state index contributed by atoms with van der Waals surface area (Å²) < 4.78 is 38.5. The van der Waals surface area contributed by atoms with Gasteiger partial charge in [-0.1, -0.05) is 17.7 Å². The normalized spacial score (nSPS) is 11.8. The minimum atomic E-state index is -4.49. The summed E-state index contributed by atoms with van der Waals surface area (Å²) in [5.74, 6) is 0.464. The van der Waals surface area contributed by atoms with Crippen LogP contribution in [0, 0.1) is 0 Å². The zero-order valence-electron chi connectivity index (χ0n) is 10.9. The fraction of sp³-hybridized carbons (Fsp3) is 0.154. The minimum Gasteiger partial charge on any atom is -0.364 e. The SMILES string of the molecule is FC(F)(F)c1cc(CNc2ncnc3nc[nH]c23)ccc1Cl. The number of alkyl halides is 3. The number of rotatable bonds is 3. The molecule has 0 fully saturated rings. The Morgan fingerprint density at radius 3 is 2.77 bits per heavy atom. The molecule has 0 saturated heterocycles. The van der Waals surface area contributed by atoms with Crippen molar-refractivity contribution in [2.75, 3.05) is 5.32 Å². The number of imidazole rings is 1. The van der Waals surface area contributed by atoms with Gasteiger partial charge in [0.15, 0.2) is 11.5 Å². The van der Waals surface area contributed by atoms with Crippen LogP contribution in [0.1, 0.15) is 11.1 Å². The van der Waals surface area contributed by atoms with Gasteiger partial charge in [-0.3, -0.25) is 0 Å². The first-order chi connectivity index (χ1) is 10.4. The van der Waals surface area contributed by atoms with E-state index in [9.17, 15) is 13.2 Å². The van der Waals surface area contributed by atoms with Crippen molar-refractivity contribution < 1.29 is 13.2 Å². The van der Waals surface area contributed by atoms with Crippen molar-refractivity contribution in [2.24, 2.45) is 0 Å². The summed E-state index contributed by atoms with van der Waals surface area (Å²) in [6.07, 6.45) is -1.69. The van der Waals surface area contributed by atoms with Gasteiger partial charge in [0, 0.05) is 6.54 Å². The minimum absolute atomic E-state index is 0.158. The average Bonchev–Trinajstić information content (AvgIpc) is 2.94. The molecular weight excluding hydrogens is 319 g/mol. The molecule has 2 N–H and O–H groups in total. The zero-order valence-corrected chi connectivity index (χ0v) is 11.7. The summed E-state index contributed by atoms with van der Waals surface area (Å²) in [4.78, 5) is 14.8. The molecule has 0 spiro atoms. The van der Waals surface area contributed by atoms with Gasteiger partial charge in [0.1, 0.15) is 11.8 Å². The molecule has 0 bridgehead atoms. The Labute approximate surface area is 127 Å². The van der Waals surface area contributed by atoms with Gasteiger partial charge < -0.3 is 10.3 Å². The van der Waals surface area contributed by atoms with Crippen LogP contribution in [0.5, 0.6) is 0 Å². The van der Waals surface area contributed by atoms with Gasteiger partial charge in [0.2, 0.25) is 0 Å². The van der Waals surface area contributed by atoms with Gasteiger partial charge in [-0.15, -0.1) is 0 Å². The highest BCUT2D eigenvalue weighted by atomic mass is 35.5. The highest BCUT2D eigenvalue weighted by Crippen LogP contribution is 2.35. The van der Waals surface area contributed by atoms with E-state index in [2.05, 4.69) is 25.3 Å². The van der Waals surface area contributed by atoms with Gasteiger partial charge >= 0.3 is 6.18 Å². The molecule has 114 valence electrons. The number of nitrogens with zero attached hydrogens (tertiary/aromatic N) is 3. The lowest BCUT2D eigenvalue weighted by atomic mass is 10.1. The maximum absolute atomic E-state index is 12.8. The standard InChI is InChI=1S/C13H9ClF3N5/c14-9-2-1-7(3-8(9)13(15,16)17)4-18-11-10-12(20-5-19-10)22-6-21-11/h1-3,5-6H,4H2,(H2,18,19,20,21,22). The second-order valence-electron chi connectivity index (χ2n) is 4.49. The van der Waals surface area contributed by atoms with Crippen molar-refractivity contribution in [1.82, 2.24) is 19.9 Å². The van der Waals surface area contributed by atoms with Gasteiger partial charge in [-0.25, -0.2) is 15.0 Å². The van der Waals surface area contributed by atoms with E-state index in [1.807, 2.05) is 0 Å². The Morgan fingerprint density at radius 2 is 2.00 bits per heavy atom. The molecule has 0 saturated carbocycles. The molecule has 9 heteroatoms. The van der Waals surface area contributed by atoms with Crippen molar-refractivity contribution in [2.45, 2.75) is 12.7 Å². The van der Waals surface area contributed by atoms with Crippen LogP contribution in [-0.4, -0.2) is 19.9 Å². The summed E-state index contributed by atoms with van der Waals surface area (Å²) in [7, 11) is 0. The number of aromatic amines is 1. The molecule has 2 heterocycles. The second-order valence-corrected chi connectivity index (χ2v) is 4.90. The number of fused-ring (bicyclic) bond motifs is 1. The lowest BCUT2D eigenvalue weighted by molar-refractivity contribution is -0.137. The maximum Gasteiger partial charge on any atom is 0.417 e. The monoisotopic (exact) mass is 327 g/mol. The number of halogens is 4. The summed E-state index contributed by atoms with van der Waals surface area (Å²) in [5, 5.41) is 2.63. The molecule has 3 rings (SSSR count). The fourth-order valence-electron chi connectivity index (χ4n) is 1.98. The Morgan fingerprint density at radius 1 is 1.18 bits per heavy atom. The first-order valence-electron chi connectivity index (χ1n) is 6.19. The average molecular weight is 328 g/mol.